The molecule has 0 saturated carbocycles. The number of carboxylic acids is 1. The van der Waals surface area contributed by atoms with Crippen LogP contribution in [0.1, 0.15) is 32.6 Å². The number of hydrogen-bond acceptors (Lipinski definition) is 3. The van der Waals surface area contributed by atoms with E-state index in [-0.39, 0.29) is 18.4 Å². The molecule has 0 aromatic heterocycles. The van der Waals surface area contributed by atoms with Gasteiger partial charge in [-0.1, -0.05) is 17.7 Å². The van der Waals surface area contributed by atoms with Gasteiger partial charge in [0.25, 0.3) is 0 Å². The zero-order chi connectivity index (χ0) is 16.8. The van der Waals surface area contributed by atoms with Gasteiger partial charge in [-0.25, -0.2) is 0 Å². The number of carbonyl (C=O) groups is 2. The molecule has 6 heteroatoms. The van der Waals surface area contributed by atoms with E-state index in [1.54, 1.807) is 18.2 Å². The van der Waals surface area contributed by atoms with Gasteiger partial charge in [-0.15, -0.1) is 0 Å². The van der Waals surface area contributed by atoms with Crippen molar-refractivity contribution in [2.45, 2.75) is 38.6 Å². The Morgan fingerprint density at radius 1 is 1.48 bits per heavy atom. The van der Waals surface area contributed by atoms with Crippen LogP contribution < -0.4 is 5.32 Å². The minimum absolute atomic E-state index is 0.0637. The lowest BCUT2D eigenvalue weighted by Crippen LogP contribution is -2.47. The number of halogens is 1. The van der Waals surface area contributed by atoms with E-state index in [2.05, 4.69) is 10.2 Å². The van der Waals surface area contributed by atoms with Crippen LogP contribution >= 0.6 is 11.6 Å². The summed E-state index contributed by atoms with van der Waals surface area (Å²) < 4.78 is 0. The van der Waals surface area contributed by atoms with Gasteiger partial charge in [-0.05, 0) is 56.8 Å². The van der Waals surface area contributed by atoms with E-state index in [0.29, 0.717) is 23.0 Å². The Bertz CT molecular complexity index is 565. The number of likely N-dealkylation sites (tertiary alicyclic amines) is 1. The van der Waals surface area contributed by atoms with E-state index >= 15 is 0 Å². The van der Waals surface area contributed by atoms with Crippen molar-refractivity contribution in [2.75, 3.05) is 18.4 Å². The zero-order valence-corrected chi connectivity index (χ0v) is 14.1. The molecule has 0 aliphatic carbocycles. The maximum absolute atomic E-state index is 12.4. The minimum Gasteiger partial charge on any atom is -0.481 e. The van der Waals surface area contributed by atoms with Gasteiger partial charge in [0.05, 0.1) is 6.04 Å². The molecule has 1 aliphatic rings. The minimum atomic E-state index is -0.756. The molecule has 0 spiro atoms. The number of nitrogens with one attached hydrogen (secondary N) is 1. The van der Waals surface area contributed by atoms with Crippen LogP contribution in [-0.2, 0) is 9.59 Å². The fraction of sp³-hybridized carbons (Fsp3) is 0.529. The lowest BCUT2D eigenvalue weighted by molar-refractivity contribution is -0.137. The van der Waals surface area contributed by atoms with Crippen LogP contribution in [0.25, 0.3) is 0 Å². The molecule has 1 heterocycles. The largest absolute Gasteiger partial charge is 0.481 e. The highest BCUT2D eigenvalue weighted by molar-refractivity contribution is 6.30. The quantitative estimate of drug-likeness (QED) is 0.835. The van der Waals surface area contributed by atoms with Crippen molar-refractivity contribution in [3.63, 3.8) is 0 Å². The summed E-state index contributed by atoms with van der Waals surface area (Å²) in [5, 5.41) is 12.3. The van der Waals surface area contributed by atoms with Crippen LogP contribution in [0.3, 0.4) is 0 Å². The standard InChI is InChI=1S/C17H23ClN2O3/c1-12(17(23)19-15-6-2-5-14(18)10-15)20-9-3-4-13(11-20)7-8-16(21)22/h2,5-6,10,12-13H,3-4,7-9,11H2,1H3,(H,19,23)(H,21,22). The third-order valence-electron chi connectivity index (χ3n) is 4.34. The number of hydrogen-bond donors (Lipinski definition) is 2. The van der Waals surface area contributed by atoms with Gasteiger partial charge in [0, 0.05) is 23.7 Å². The normalized spacial score (nSPS) is 20.0. The molecular weight excluding hydrogens is 316 g/mol. The number of aliphatic carboxylic acids is 1. The Labute approximate surface area is 141 Å². The SMILES string of the molecule is CC(C(=O)Nc1cccc(Cl)c1)N1CCCC(CCC(=O)O)C1. The third-order valence-corrected chi connectivity index (χ3v) is 4.57. The Kier molecular flexibility index (Phi) is 6.42. The molecule has 1 aromatic rings. The van der Waals surface area contributed by atoms with Gasteiger partial charge in [0.2, 0.25) is 5.91 Å². The number of nitrogens with zero attached hydrogens (tertiary/aromatic N) is 1. The van der Waals surface area contributed by atoms with Crippen molar-refractivity contribution >= 4 is 29.2 Å². The lowest BCUT2D eigenvalue weighted by atomic mass is 9.92. The molecule has 1 aromatic carbocycles. The number of rotatable bonds is 6. The number of carbonyl (C=O) groups excluding carboxylic acids is 1. The molecule has 0 bridgehead atoms. The van der Waals surface area contributed by atoms with E-state index in [1.165, 1.54) is 0 Å². The molecule has 2 N–H and O–H groups in total. The topological polar surface area (TPSA) is 69.6 Å². The van der Waals surface area contributed by atoms with E-state index in [9.17, 15) is 9.59 Å². The first kappa shape index (κ1) is 17.8. The van der Waals surface area contributed by atoms with Crippen LogP contribution in [0.15, 0.2) is 24.3 Å². The first-order valence-electron chi connectivity index (χ1n) is 7.98. The predicted molar refractivity (Wildman–Crippen MR) is 90.7 cm³/mol. The summed E-state index contributed by atoms with van der Waals surface area (Å²) in [5.41, 5.74) is 0.689. The molecule has 2 unspecified atom stereocenters. The summed E-state index contributed by atoms with van der Waals surface area (Å²) in [6.45, 7) is 3.53. The Hall–Kier alpha value is -1.59. The molecule has 23 heavy (non-hydrogen) atoms. The predicted octanol–water partition coefficient (Wildman–Crippen LogP) is 3.24. The van der Waals surface area contributed by atoms with Gasteiger partial charge in [-0.3, -0.25) is 14.5 Å². The number of amides is 1. The van der Waals surface area contributed by atoms with Crippen LogP contribution in [0, 0.1) is 5.92 Å². The lowest BCUT2D eigenvalue weighted by Gasteiger charge is -2.36. The number of carboxylic acid groups (broad SMARTS) is 1. The molecular formula is C17H23ClN2O3. The molecule has 1 saturated heterocycles. The number of benzene rings is 1. The van der Waals surface area contributed by atoms with E-state index in [0.717, 1.165) is 25.9 Å². The third kappa shape index (κ3) is 5.52. The van der Waals surface area contributed by atoms with E-state index in [4.69, 9.17) is 16.7 Å². The molecule has 2 rings (SSSR count). The van der Waals surface area contributed by atoms with Crippen molar-refractivity contribution in [3.05, 3.63) is 29.3 Å². The Morgan fingerprint density at radius 3 is 2.96 bits per heavy atom. The first-order valence-corrected chi connectivity index (χ1v) is 8.36. The first-order chi connectivity index (χ1) is 11.0. The van der Waals surface area contributed by atoms with Crippen molar-refractivity contribution in [1.82, 2.24) is 4.90 Å². The molecule has 126 valence electrons. The average molecular weight is 339 g/mol. The molecule has 2 atom stereocenters. The second-order valence-electron chi connectivity index (χ2n) is 6.11. The van der Waals surface area contributed by atoms with Crippen molar-refractivity contribution < 1.29 is 14.7 Å². The second kappa shape index (κ2) is 8.31. The summed E-state index contributed by atoms with van der Waals surface area (Å²) in [6.07, 6.45) is 2.90. The molecule has 1 fully saturated rings. The summed E-state index contributed by atoms with van der Waals surface area (Å²) in [4.78, 5) is 25.2. The number of anilines is 1. The highest BCUT2D eigenvalue weighted by atomic mass is 35.5. The fourth-order valence-corrected chi connectivity index (χ4v) is 3.18. The highest BCUT2D eigenvalue weighted by Gasteiger charge is 2.27. The van der Waals surface area contributed by atoms with Crippen molar-refractivity contribution in [1.29, 1.82) is 0 Å². The van der Waals surface area contributed by atoms with Gasteiger partial charge in [0.1, 0.15) is 0 Å². The monoisotopic (exact) mass is 338 g/mol. The van der Waals surface area contributed by atoms with Gasteiger partial charge < -0.3 is 10.4 Å². The summed E-state index contributed by atoms with van der Waals surface area (Å²) in [7, 11) is 0. The molecule has 1 amide bonds. The van der Waals surface area contributed by atoms with Crippen molar-refractivity contribution in [3.8, 4) is 0 Å². The highest BCUT2D eigenvalue weighted by Crippen LogP contribution is 2.23. The maximum atomic E-state index is 12.4. The zero-order valence-electron chi connectivity index (χ0n) is 13.3. The fourth-order valence-electron chi connectivity index (χ4n) is 2.99. The van der Waals surface area contributed by atoms with E-state index in [1.807, 2.05) is 13.0 Å². The van der Waals surface area contributed by atoms with Crippen molar-refractivity contribution in [2.24, 2.45) is 5.92 Å². The van der Waals surface area contributed by atoms with Crippen LogP contribution in [0.2, 0.25) is 5.02 Å². The molecule has 1 aliphatic heterocycles. The smallest absolute Gasteiger partial charge is 0.303 e. The van der Waals surface area contributed by atoms with Gasteiger partial charge >= 0.3 is 5.97 Å². The number of piperidine rings is 1. The molecule has 0 radical (unpaired) electrons. The van der Waals surface area contributed by atoms with Gasteiger partial charge in [-0.2, -0.15) is 0 Å². The summed E-state index contributed by atoms with van der Waals surface area (Å²) in [5.74, 6) is -0.471. The maximum Gasteiger partial charge on any atom is 0.303 e. The Balaban J connectivity index is 1.89. The molecule has 5 nitrogen and oxygen atoms in total. The Morgan fingerprint density at radius 2 is 2.26 bits per heavy atom. The summed E-state index contributed by atoms with van der Waals surface area (Å²) >= 11 is 5.93. The van der Waals surface area contributed by atoms with Gasteiger partial charge in [0.15, 0.2) is 0 Å². The van der Waals surface area contributed by atoms with E-state index < -0.39 is 5.97 Å². The summed E-state index contributed by atoms with van der Waals surface area (Å²) in [6, 6.07) is 6.84. The average Bonchev–Trinajstić information content (AvgIpc) is 2.52. The van der Waals surface area contributed by atoms with Crippen LogP contribution in [-0.4, -0.2) is 41.0 Å². The second-order valence-corrected chi connectivity index (χ2v) is 6.55. The van der Waals surface area contributed by atoms with Crippen LogP contribution in [0.4, 0.5) is 5.69 Å². The van der Waals surface area contributed by atoms with Crippen LogP contribution in [0.5, 0.6) is 0 Å².